The van der Waals surface area contributed by atoms with Crippen LogP contribution in [0.4, 0.5) is 5.69 Å². The van der Waals surface area contributed by atoms with Gasteiger partial charge in [-0.1, -0.05) is 35.9 Å². The van der Waals surface area contributed by atoms with Crippen LogP contribution < -0.4 is 5.32 Å². The van der Waals surface area contributed by atoms with Gasteiger partial charge in [-0.2, -0.15) is 5.26 Å². The molecular weight excluding hydrogens is 232 g/mol. The van der Waals surface area contributed by atoms with Crippen LogP contribution in [0.15, 0.2) is 48.5 Å². The Bertz CT molecular complexity index is 558. The van der Waals surface area contributed by atoms with E-state index in [1.54, 1.807) is 6.07 Å². The van der Waals surface area contributed by atoms with E-state index in [0.717, 1.165) is 16.3 Å². The molecular formula is C14H11ClN2. The number of anilines is 1. The van der Waals surface area contributed by atoms with Crippen LogP contribution in [0.2, 0.25) is 5.02 Å². The summed E-state index contributed by atoms with van der Waals surface area (Å²) in [6.45, 7) is 0.652. The number of nitriles is 1. The van der Waals surface area contributed by atoms with Crippen LogP contribution in [0.5, 0.6) is 0 Å². The average molecular weight is 243 g/mol. The zero-order valence-corrected chi connectivity index (χ0v) is 9.91. The predicted octanol–water partition coefficient (Wildman–Crippen LogP) is 3.82. The zero-order chi connectivity index (χ0) is 12.1. The molecule has 0 aliphatic rings. The summed E-state index contributed by atoms with van der Waals surface area (Å²) >= 11 is 5.91. The molecule has 84 valence electrons. The van der Waals surface area contributed by atoms with E-state index in [4.69, 9.17) is 16.9 Å². The largest absolute Gasteiger partial charge is 0.380 e. The Balaban J connectivity index is 2.10. The Kier molecular flexibility index (Phi) is 3.64. The first kappa shape index (κ1) is 11.5. The maximum atomic E-state index is 8.95. The van der Waals surface area contributed by atoms with Crippen LogP contribution in [0.3, 0.4) is 0 Å². The molecule has 1 N–H and O–H groups in total. The molecule has 2 aromatic rings. The number of rotatable bonds is 3. The fraction of sp³-hybridized carbons (Fsp3) is 0.0714. The van der Waals surface area contributed by atoms with Gasteiger partial charge in [-0.05, 0) is 29.8 Å². The third-order valence-corrected chi connectivity index (χ3v) is 2.65. The number of nitrogens with zero attached hydrogens (tertiary/aromatic N) is 1. The first-order valence-corrected chi connectivity index (χ1v) is 5.65. The molecule has 17 heavy (non-hydrogen) atoms. The van der Waals surface area contributed by atoms with Gasteiger partial charge in [0.05, 0.1) is 11.3 Å². The number of benzene rings is 2. The van der Waals surface area contributed by atoms with Gasteiger partial charge in [0.15, 0.2) is 0 Å². The molecule has 0 saturated heterocycles. The second kappa shape index (κ2) is 5.38. The summed E-state index contributed by atoms with van der Waals surface area (Å²) < 4.78 is 0. The van der Waals surface area contributed by atoms with Crippen LogP contribution in [0.1, 0.15) is 11.1 Å². The van der Waals surface area contributed by atoms with Crippen molar-refractivity contribution >= 4 is 17.3 Å². The molecule has 0 saturated carbocycles. The highest BCUT2D eigenvalue weighted by Crippen LogP contribution is 2.16. The average Bonchev–Trinajstić information content (AvgIpc) is 2.37. The van der Waals surface area contributed by atoms with E-state index in [1.165, 1.54) is 0 Å². The Morgan fingerprint density at radius 2 is 1.94 bits per heavy atom. The highest BCUT2D eigenvalue weighted by atomic mass is 35.5. The molecule has 0 radical (unpaired) electrons. The molecule has 3 heteroatoms. The lowest BCUT2D eigenvalue weighted by molar-refractivity contribution is 1.15. The van der Waals surface area contributed by atoms with Crippen LogP contribution in [-0.2, 0) is 6.54 Å². The number of nitrogens with one attached hydrogen (secondary N) is 1. The van der Waals surface area contributed by atoms with Crippen molar-refractivity contribution in [1.29, 1.82) is 5.26 Å². The van der Waals surface area contributed by atoms with Gasteiger partial charge in [-0.3, -0.25) is 0 Å². The molecule has 0 heterocycles. The van der Waals surface area contributed by atoms with E-state index in [-0.39, 0.29) is 0 Å². The SMILES string of the molecule is N#Cc1ccccc1NCc1cccc(Cl)c1. The standard InChI is InChI=1S/C14H11ClN2/c15-13-6-3-4-11(8-13)10-17-14-7-2-1-5-12(14)9-16/h1-8,17H,10H2. The van der Waals surface area contributed by atoms with E-state index >= 15 is 0 Å². The normalized spacial score (nSPS) is 9.65. The van der Waals surface area contributed by atoms with Crippen LogP contribution in [0.25, 0.3) is 0 Å². The van der Waals surface area contributed by atoms with Gasteiger partial charge in [0.1, 0.15) is 6.07 Å². The van der Waals surface area contributed by atoms with Gasteiger partial charge in [0.25, 0.3) is 0 Å². The molecule has 0 unspecified atom stereocenters. The lowest BCUT2D eigenvalue weighted by Gasteiger charge is -2.08. The van der Waals surface area contributed by atoms with Gasteiger partial charge in [0.2, 0.25) is 0 Å². The van der Waals surface area contributed by atoms with Crippen LogP contribution >= 0.6 is 11.6 Å². The van der Waals surface area contributed by atoms with Gasteiger partial charge >= 0.3 is 0 Å². The minimum absolute atomic E-state index is 0.648. The van der Waals surface area contributed by atoms with Crippen molar-refractivity contribution in [2.75, 3.05) is 5.32 Å². The fourth-order valence-electron chi connectivity index (χ4n) is 1.58. The second-order valence-corrected chi connectivity index (χ2v) is 4.08. The highest BCUT2D eigenvalue weighted by Gasteiger charge is 2.00. The third-order valence-electron chi connectivity index (χ3n) is 2.42. The molecule has 0 spiro atoms. The number of para-hydroxylation sites is 1. The summed E-state index contributed by atoms with van der Waals surface area (Å²) in [6, 6.07) is 17.2. The lowest BCUT2D eigenvalue weighted by Crippen LogP contribution is -2.00. The monoisotopic (exact) mass is 242 g/mol. The fourth-order valence-corrected chi connectivity index (χ4v) is 1.79. The molecule has 0 aromatic heterocycles. The smallest absolute Gasteiger partial charge is 0.101 e. The Labute approximate surface area is 105 Å². The molecule has 0 fully saturated rings. The lowest BCUT2D eigenvalue weighted by atomic mass is 10.1. The van der Waals surface area contributed by atoms with E-state index in [0.29, 0.717) is 12.1 Å². The summed E-state index contributed by atoms with van der Waals surface area (Å²) in [4.78, 5) is 0. The van der Waals surface area contributed by atoms with E-state index in [1.807, 2.05) is 42.5 Å². The molecule has 0 aliphatic carbocycles. The number of hydrogen-bond acceptors (Lipinski definition) is 2. The van der Waals surface area contributed by atoms with Crippen molar-refractivity contribution in [3.63, 3.8) is 0 Å². The highest BCUT2D eigenvalue weighted by molar-refractivity contribution is 6.30. The second-order valence-electron chi connectivity index (χ2n) is 3.64. The van der Waals surface area contributed by atoms with Gasteiger partial charge < -0.3 is 5.32 Å². The third kappa shape index (κ3) is 2.99. The first-order valence-electron chi connectivity index (χ1n) is 5.27. The van der Waals surface area contributed by atoms with Gasteiger partial charge in [-0.25, -0.2) is 0 Å². The van der Waals surface area contributed by atoms with E-state index in [2.05, 4.69) is 11.4 Å². The van der Waals surface area contributed by atoms with Crippen LogP contribution in [0, 0.1) is 11.3 Å². The number of hydrogen-bond donors (Lipinski definition) is 1. The zero-order valence-electron chi connectivity index (χ0n) is 9.15. The van der Waals surface area contributed by atoms with Gasteiger partial charge in [-0.15, -0.1) is 0 Å². The van der Waals surface area contributed by atoms with Crippen molar-refractivity contribution in [3.8, 4) is 6.07 Å². The molecule has 2 rings (SSSR count). The van der Waals surface area contributed by atoms with Gasteiger partial charge in [0, 0.05) is 11.6 Å². The first-order chi connectivity index (χ1) is 8.29. The van der Waals surface area contributed by atoms with E-state index in [9.17, 15) is 0 Å². The summed E-state index contributed by atoms with van der Waals surface area (Å²) in [5.74, 6) is 0. The molecule has 2 aromatic carbocycles. The molecule has 0 aliphatic heterocycles. The summed E-state index contributed by atoms with van der Waals surface area (Å²) in [5.41, 5.74) is 2.58. The molecule has 0 atom stereocenters. The summed E-state index contributed by atoms with van der Waals surface area (Å²) in [7, 11) is 0. The van der Waals surface area contributed by atoms with Crippen molar-refractivity contribution in [2.24, 2.45) is 0 Å². The van der Waals surface area contributed by atoms with Crippen molar-refractivity contribution < 1.29 is 0 Å². The van der Waals surface area contributed by atoms with Crippen LogP contribution in [-0.4, -0.2) is 0 Å². The maximum absolute atomic E-state index is 8.95. The number of halogens is 1. The molecule has 2 nitrogen and oxygen atoms in total. The minimum Gasteiger partial charge on any atom is -0.380 e. The van der Waals surface area contributed by atoms with E-state index < -0.39 is 0 Å². The van der Waals surface area contributed by atoms with Crippen molar-refractivity contribution in [1.82, 2.24) is 0 Å². The maximum Gasteiger partial charge on any atom is 0.101 e. The predicted molar refractivity (Wildman–Crippen MR) is 69.9 cm³/mol. The van der Waals surface area contributed by atoms with Crippen molar-refractivity contribution in [2.45, 2.75) is 6.54 Å². The summed E-state index contributed by atoms with van der Waals surface area (Å²) in [6.07, 6.45) is 0. The summed E-state index contributed by atoms with van der Waals surface area (Å²) in [5, 5.41) is 12.9. The molecule has 0 amide bonds. The Morgan fingerprint density at radius 3 is 2.71 bits per heavy atom. The quantitative estimate of drug-likeness (QED) is 0.888. The Morgan fingerprint density at radius 1 is 1.12 bits per heavy atom. The molecule has 0 bridgehead atoms. The van der Waals surface area contributed by atoms with Crippen molar-refractivity contribution in [3.05, 3.63) is 64.7 Å². The topological polar surface area (TPSA) is 35.8 Å². The Hall–Kier alpha value is -1.98. The minimum atomic E-state index is 0.648.